The molecule has 0 aromatic rings. The molecule has 0 aliphatic carbocycles. The SMILES string of the molecule is CCCCCCC/C=C\C/C=C\CCCCCCCCCCCCCCCCCCCCCCCCCC(=O)NC(COC1OC(CO)C(OC2OC(CO)C(O)C(O)C2O)C(O)C1O)C(O)/C=C/CC/C=C/CCCCCCCCCCCCCCCCCCCCCCCCCCCC. The first-order chi connectivity index (χ1) is 49.6. The third-order valence-electron chi connectivity index (χ3n) is 21.2. The Kier molecular flexibility index (Phi) is 66.7. The van der Waals surface area contributed by atoms with Crippen LogP contribution in [0.15, 0.2) is 48.6 Å². The number of ether oxygens (including phenoxy) is 4. The van der Waals surface area contributed by atoms with E-state index in [4.69, 9.17) is 18.9 Å². The molecule has 12 unspecified atom stereocenters. The Labute approximate surface area is 620 Å². The Morgan fingerprint density at radius 1 is 0.356 bits per heavy atom. The zero-order chi connectivity index (χ0) is 73.0. The molecular weight excluding hydrogens is 1270 g/mol. The molecule has 0 radical (unpaired) electrons. The molecule has 1 amide bonds. The summed E-state index contributed by atoms with van der Waals surface area (Å²) in [5.74, 6) is -0.241. The van der Waals surface area contributed by atoms with Crippen molar-refractivity contribution in [2.75, 3.05) is 19.8 Å². The van der Waals surface area contributed by atoms with Crippen LogP contribution in [0.3, 0.4) is 0 Å². The van der Waals surface area contributed by atoms with Crippen molar-refractivity contribution in [1.82, 2.24) is 5.32 Å². The van der Waals surface area contributed by atoms with E-state index in [0.29, 0.717) is 12.8 Å². The molecule has 14 heteroatoms. The van der Waals surface area contributed by atoms with Gasteiger partial charge in [-0.15, -0.1) is 0 Å². The molecule has 0 saturated carbocycles. The molecule has 101 heavy (non-hydrogen) atoms. The van der Waals surface area contributed by atoms with E-state index in [1.807, 2.05) is 6.08 Å². The van der Waals surface area contributed by atoms with Crippen LogP contribution >= 0.6 is 0 Å². The van der Waals surface area contributed by atoms with Crippen molar-refractivity contribution in [3.05, 3.63) is 48.6 Å². The molecule has 2 saturated heterocycles. The minimum absolute atomic E-state index is 0.241. The Balaban J connectivity index is 1.59. The van der Waals surface area contributed by atoms with E-state index in [1.54, 1.807) is 6.08 Å². The van der Waals surface area contributed by atoms with Crippen molar-refractivity contribution in [3.63, 3.8) is 0 Å². The Bertz CT molecular complexity index is 1880. The summed E-state index contributed by atoms with van der Waals surface area (Å²) in [6.07, 6.45) is 79.4. The van der Waals surface area contributed by atoms with Gasteiger partial charge in [0.1, 0.15) is 48.8 Å². The van der Waals surface area contributed by atoms with Gasteiger partial charge >= 0.3 is 0 Å². The van der Waals surface area contributed by atoms with Crippen LogP contribution in [-0.2, 0) is 23.7 Å². The zero-order valence-electron chi connectivity index (χ0n) is 65.4. The van der Waals surface area contributed by atoms with Gasteiger partial charge in [0.05, 0.1) is 32.0 Å². The van der Waals surface area contributed by atoms with Crippen LogP contribution < -0.4 is 5.32 Å². The summed E-state index contributed by atoms with van der Waals surface area (Å²) >= 11 is 0. The molecule has 0 aromatic heterocycles. The number of aliphatic hydroxyl groups excluding tert-OH is 8. The summed E-state index contributed by atoms with van der Waals surface area (Å²) in [5.41, 5.74) is 0. The highest BCUT2D eigenvalue weighted by Crippen LogP contribution is 2.30. The van der Waals surface area contributed by atoms with E-state index in [1.165, 1.54) is 334 Å². The number of rotatable bonds is 74. The van der Waals surface area contributed by atoms with Gasteiger partial charge in [-0.2, -0.15) is 0 Å². The maximum absolute atomic E-state index is 13.4. The number of allylic oxidation sites excluding steroid dienone is 7. The fourth-order valence-corrected chi connectivity index (χ4v) is 14.4. The van der Waals surface area contributed by atoms with Gasteiger partial charge in [0.15, 0.2) is 12.6 Å². The summed E-state index contributed by atoms with van der Waals surface area (Å²) in [5, 5.41) is 87.8. The molecule has 12 atom stereocenters. The standard InChI is InChI=1S/C87H163NO13/c1-3-5-7-9-11-13-15-17-19-21-23-25-27-29-31-33-35-37-38-39-41-43-45-47-49-51-53-55-57-59-61-63-65-67-69-71-79(92)88-75(74-98-86-84(97)82(95)85(78(73-90)100-86)101-87-83(96)81(94)80(93)77(72-89)99-87)76(91)70-68-66-64-62-60-58-56-54-52-50-48-46-44-42-40-36-34-32-30-28-26-24-22-20-18-16-14-12-10-8-6-4-2/h15,17,21,23,60,62,68,70,75-78,80-87,89-91,93-97H,3-14,16,18-20,22,24-59,61,63-67,69,71-74H2,1-2H3,(H,88,92)/b17-15-,23-21-,62-60+,70-68+. The molecule has 2 rings (SSSR count). The first-order valence-corrected chi connectivity index (χ1v) is 43.4. The molecule has 0 bridgehead atoms. The van der Waals surface area contributed by atoms with Crippen LogP contribution in [0.1, 0.15) is 406 Å². The smallest absolute Gasteiger partial charge is 0.220 e. The fraction of sp³-hybridized carbons (Fsp3) is 0.897. The number of carbonyl (C=O) groups excluding carboxylic acids is 1. The highest BCUT2D eigenvalue weighted by molar-refractivity contribution is 5.76. The van der Waals surface area contributed by atoms with Gasteiger partial charge in [0.25, 0.3) is 0 Å². The predicted molar refractivity (Wildman–Crippen MR) is 420 cm³/mol. The topological polar surface area (TPSA) is 228 Å². The molecular formula is C87H163NO13. The Hall–Kier alpha value is -2.05. The van der Waals surface area contributed by atoms with E-state index in [-0.39, 0.29) is 18.9 Å². The van der Waals surface area contributed by atoms with E-state index in [9.17, 15) is 45.6 Å². The second kappa shape index (κ2) is 70.9. The van der Waals surface area contributed by atoms with Gasteiger partial charge in [-0.05, 0) is 64.2 Å². The number of carbonyl (C=O) groups is 1. The number of aliphatic hydroxyl groups is 8. The molecule has 2 aliphatic rings. The number of amides is 1. The average Bonchev–Trinajstić information content (AvgIpc) is 0.791. The summed E-state index contributed by atoms with van der Waals surface area (Å²) in [7, 11) is 0. The first-order valence-electron chi connectivity index (χ1n) is 43.4. The number of unbranched alkanes of at least 4 members (excludes halogenated alkanes) is 55. The summed E-state index contributed by atoms with van der Waals surface area (Å²) in [6, 6.07) is -0.933. The lowest BCUT2D eigenvalue weighted by molar-refractivity contribution is -0.359. The normalized spacial score (nSPS) is 21.9. The molecule has 2 fully saturated rings. The van der Waals surface area contributed by atoms with Crippen LogP contribution in [-0.4, -0.2) is 140 Å². The van der Waals surface area contributed by atoms with Crippen molar-refractivity contribution < 1.29 is 64.6 Å². The van der Waals surface area contributed by atoms with Crippen molar-refractivity contribution in [2.24, 2.45) is 0 Å². The molecule has 14 nitrogen and oxygen atoms in total. The van der Waals surface area contributed by atoms with Gasteiger partial charge in [0, 0.05) is 6.42 Å². The van der Waals surface area contributed by atoms with Crippen molar-refractivity contribution in [2.45, 2.75) is 479 Å². The van der Waals surface area contributed by atoms with Gasteiger partial charge in [-0.1, -0.05) is 383 Å². The van der Waals surface area contributed by atoms with Crippen LogP contribution in [0.2, 0.25) is 0 Å². The van der Waals surface area contributed by atoms with Crippen LogP contribution in [0, 0.1) is 0 Å². The van der Waals surface area contributed by atoms with E-state index in [0.717, 1.165) is 38.5 Å². The lowest BCUT2D eigenvalue weighted by Crippen LogP contribution is -2.65. The molecule has 594 valence electrons. The molecule has 9 N–H and O–H groups in total. The molecule has 2 heterocycles. The highest BCUT2D eigenvalue weighted by Gasteiger charge is 2.51. The lowest BCUT2D eigenvalue weighted by Gasteiger charge is -2.46. The quantitative estimate of drug-likeness (QED) is 0.0204. The Morgan fingerprint density at radius 3 is 1.03 bits per heavy atom. The minimum atomic E-state index is -1.79. The van der Waals surface area contributed by atoms with Crippen LogP contribution in [0.5, 0.6) is 0 Å². The number of hydrogen-bond acceptors (Lipinski definition) is 13. The van der Waals surface area contributed by atoms with Crippen molar-refractivity contribution >= 4 is 5.91 Å². The van der Waals surface area contributed by atoms with Crippen molar-refractivity contribution in [1.29, 1.82) is 0 Å². The summed E-state index contributed by atoms with van der Waals surface area (Å²) in [4.78, 5) is 13.4. The monoisotopic (exact) mass is 1430 g/mol. The van der Waals surface area contributed by atoms with E-state index >= 15 is 0 Å². The molecule has 0 aromatic carbocycles. The summed E-state index contributed by atoms with van der Waals surface area (Å²) in [6.45, 7) is 2.84. The van der Waals surface area contributed by atoms with E-state index < -0.39 is 86.8 Å². The van der Waals surface area contributed by atoms with Gasteiger partial charge in [0.2, 0.25) is 5.91 Å². The predicted octanol–water partition coefficient (Wildman–Crippen LogP) is 20.5. The van der Waals surface area contributed by atoms with Crippen LogP contribution in [0.4, 0.5) is 0 Å². The third kappa shape index (κ3) is 53.4. The highest BCUT2D eigenvalue weighted by atomic mass is 16.7. The first kappa shape index (κ1) is 95.0. The van der Waals surface area contributed by atoms with Crippen molar-refractivity contribution in [3.8, 4) is 0 Å². The second-order valence-corrected chi connectivity index (χ2v) is 30.7. The minimum Gasteiger partial charge on any atom is -0.394 e. The molecule has 2 aliphatic heterocycles. The fourth-order valence-electron chi connectivity index (χ4n) is 14.4. The summed E-state index contributed by atoms with van der Waals surface area (Å²) < 4.78 is 22.9. The maximum atomic E-state index is 13.4. The number of hydrogen-bond donors (Lipinski definition) is 9. The van der Waals surface area contributed by atoms with Gasteiger partial charge < -0.3 is 65.1 Å². The second-order valence-electron chi connectivity index (χ2n) is 30.7. The zero-order valence-corrected chi connectivity index (χ0v) is 65.4. The van der Waals surface area contributed by atoms with Gasteiger partial charge in [-0.3, -0.25) is 4.79 Å². The lowest BCUT2D eigenvalue weighted by atomic mass is 9.97. The van der Waals surface area contributed by atoms with Gasteiger partial charge in [-0.25, -0.2) is 0 Å². The molecule has 0 spiro atoms. The average molecular weight is 1430 g/mol. The third-order valence-corrected chi connectivity index (χ3v) is 21.2. The largest absolute Gasteiger partial charge is 0.394 e. The number of nitrogens with one attached hydrogen (secondary N) is 1. The maximum Gasteiger partial charge on any atom is 0.220 e. The van der Waals surface area contributed by atoms with E-state index in [2.05, 4.69) is 55.6 Å². The van der Waals surface area contributed by atoms with Crippen LogP contribution in [0.25, 0.3) is 0 Å². The Morgan fingerprint density at radius 2 is 0.663 bits per heavy atom.